The molecule has 0 aliphatic carbocycles. The largest absolute Gasteiger partial charge is 0.506 e. The quantitative estimate of drug-likeness (QED) is 0.147. The molecule has 0 spiro atoms. The highest BCUT2D eigenvalue weighted by Crippen LogP contribution is 2.31. The minimum atomic E-state index is -0.772. The Labute approximate surface area is 219 Å². The first-order chi connectivity index (χ1) is 18.0. The molecule has 5 rings (SSSR count). The topological polar surface area (TPSA) is 113 Å². The lowest BCUT2D eigenvalue weighted by molar-refractivity contribution is 0.176. The van der Waals surface area contributed by atoms with Gasteiger partial charge in [-0.2, -0.15) is 0 Å². The van der Waals surface area contributed by atoms with Crippen molar-refractivity contribution in [3.8, 4) is 5.75 Å². The Kier molecular flexibility index (Phi) is 7.71. The van der Waals surface area contributed by atoms with Gasteiger partial charge in [-0.3, -0.25) is 4.79 Å². The Hall–Kier alpha value is -3.43. The summed E-state index contributed by atoms with van der Waals surface area (Å²) in [5, 5.41) is 28.8. The molecule has 6 N–H and O–H groups in total. The fraction of sp³-hybridized carbons (Fsp3) is 0.276. The van der Waals surface area contributed by atoms with Crippen LogP contribution in [0.2, 0.25) is 0 Å². The van der Waals surface area contributed by atoms with Crippen molar-refractivity contribution < 1.29 is 10.2 Å². The fourth-order valence-electron chi connectivity index (χ4n) is 4.81. The van der Waals surface area contributed by atoms with E-state index < -0.39 is 6.10 Å². The zero-order valence-electron chi connectivity index (χ0n) is 20.8. The van der Waals surface area contributed by atoms with Crippen molar-refractivity contribution in [2.45, 2.75) is 32.4 Å². The molecular formula is C29H32N4O3S. The maximum absolute atomic E-state index is 11.7. The summed E-state index contributed by atoms with van der Waals surface area (Å²) in [5.74, 6) is 0.0136. The van der Waals surface area contributed by atoms with Crippen molar-refractivity contribution in [1.29, 1.82) is 0 Å². The van der Waals surface area contributed by atoms with Crippen LogP contribution >= 0.6 is 11.3 Å². The van der Waals surface area contributed by atoms with Gasteiger partial charge < -0.3 is 30.8 Å². The molecule has 0 radical (unpaired) electrons. The molecule has 7 nitrogen and oxygen atoms in total. The van der Waals surface area contributed by atoms with Gasteiger partial charge in [0.2, 0.25) is 0 Å². The second-order valence-corrected chi connectivity index (χ2v) is 10.4. The lowest BCUT2D eigenvalue weighted by Crippen LogP contribution is -2.24. The number of aromatic nitrogens is 2. The van der Waals surface area contributed by atoms with Crippen LogP contribution in [0.4, 0.5) is 0 Å². The maximum Gasteiger partial charge on any atom is 0.305 e. The summed E-state index contributed by atoms with van der Waals surface area (Å²) in [6.07, 6.45) is 3.17. The third-order valence-corrected chi connectivity index (χ3v) is 7.71. The van der Waals surface area contributed by atoms with E-state index in [1.54, 1.807) is 6.07 Å². The zero-order chi connectivity index (χ0) is 25.8. The number of aryl methyl sites for hydroxylation is 1. The van der Waals surface area contributed by atoms with E-state index in [0.717, 1.165) is 43.8 Å². The van der Waals surface area contributed by atoms with Crippen LogP contribution in [-0.4, -0.2) is 39.8 Å². The van der Waals surface area contributed by atoms with Crippen LogP contribution in [-0.2, 0) is 19.4 Å². The first kappa shape index (κ1) is 25.2. The number of nitrogens with one attached hydrogen (secondary N) is 4. The summed E-state index contributed by atoms with van der Waals surface area (Å²) >= 11 is 1.00. The minimum Gasteiger partial charge on any atom is -0.506 e. The Morgan fingerprint density at radius 2 is 1.78 bits per heavy atom. The first-order valence-corrected chi connectivity index (χ1v) is 13.4. The normalized spacial score (nSPS) is 12.5. The molecule has 5 aromatic rings. The fourth-order valence-corrected chi connectivity index (χ4v) is 5.72. The highest BCUT2D eigenvalue weighted by Gasteiger charge is 2.16. The van der Waals surface area contributed by atoms with Gasteiger partial charge in [-0.25, -0.2) is 0 Å². The highest BCUT2D eigenvalue weighted by atomic mass is 32.1. The summed E-state index contributed by atoms with van der Waals surface area (Å²) in [4.78, 5) is 17.5. The molecule has 0 saturated carbocycles. The molecule has 192 valence electrons. The molecule has 0 bridgehead atoms. The van der Waals surface area contributed by atoms with E-state index in [4.69, 9.17) is 0 Å². The van der Waals surface area contributed by atoms with Gasteiger partial charge in [-0.1, -0.05) is 59.9 Å². The first-order valence-electron chi connectivity index (χ1n) is 12.6. The smallest absolute Gasteiger partial charge is 0.305 e. The molecule has 1 atom stereocenters. The number of para-hydroxylation sites is 1. The van der Waals surface area contributed by atoms with Crippen LogP contribution in [0, 0.1) is 6.92 Å². The number of H-pyrrole nitrogens is 2. The SMILES string of the molecule is Cc1cccc2c(CCNCc3cccc(CCNCC(O)c4ccc(O)c5[nH]c(=O)sc45)c3)c[nH]c12. The molecular weight excluding hydrogens is 484 g/mol. The molecule has 0 aliphatic heterocycles. The minimum absolute atomic E-state index is 0.0136. The van der Waals surface area contributed by atoms with Crippen molar-refractivity contribution >= 4 is 32.5 Å². The Morgan fingerprint density at radius 3 is 2.68 bits per heavy atom. The van der Waals surface area contributed by atoms with Gasteiger partial charge in [-0.15, -0.1) is 0 Å². The molecule has 0 fully saturated rings. The third kappa shape index (κ3) is 5.78. The molecule has 37 heavy (non-hydrogen) atoms. The van der Waals surface area contributed by atoms with Gasteiger partial charge in [-0.05, 0) is 61.2 Å². The van der Waals surface area contributed by atoms with E-state index in [2.05, 4.69) is 76.2 Å². The molecule has 0 amide bonds. The number of aliphatic hydroxyl groups excluding tert-OH is 1. The van der Waals surface area contributed by atoms with Gasteiger partial charge in [0.05, 0.1) is 10.8 Å². The van der Waals surface area contributed by atoms with Crippen molar-refractivity contribution in [3.63, 3.8) is 0 Å². The lowest BCUT2D eigenvalue weighted by atomic mass is 10.1. The van der Waals surface area contributed by atoms with E-state index in [9.17, 15) is 15.0 Å². The molecule has 8 heteroatoms. The number of aromatic hydroxyl groups is 1. The number of aromatic amines is 2. The number of rotatable bonds is 11. The molecule has 2 heterocycles. The highest BCUT2D eigenvalue weighted by molar-refractivity contribution is 7.16. The number of aliphatic hydroxyl groups is 1. The molecule has 0 aliphatic rings. The summed E-state index contributed by atoms with van der Waals surface area (Å²) in [6, 6.07) is 18.2. The van der Waals surface area contributed by atoms with Gasteiger partial charge >= 0.3 is 4.87 Å². The van der Waals surface area contributed by atoms with Gasteiger partial charge in [0, 0.05) is 35.8 Å². The van der Waals surface area contributed by atoms with E-state index in [1.165, 1.54) is 39.2 Å². The Balaban J connectivity index is 1.08. The van der Waals surface area contributed by atoms with Gasteiger partial charge in [0.25, 0.3) is 0 Å². The van der Waals surface area contributed by atoms with Crippen molar-refractivity contribution in [3.05, 3.63) is 98.3 Å². The Bertz CT molecular complexity index is 1570. The molecule has 3 aromatic carbocycles. The van der Waals surface area contributed by atoms with Crippen LogP contribution in [0.15, 0.2) is 65.6 Å². The third-order valence-electron chi connectivity index (χ3n) is 6.78. The summed E-state index contributed by atoms with van der Waals surface area (Å²) < 4.78 is 0.597. The van der Waals surface area contributed by atoms with E-state index in [-0.39, 0.29) is 10.6 Å². The summed E-state index contributed by atoms with van der Waals surface area (Å²) in [5.41, 5.74) is 7.35. The van der Waals surface area contributed by atoms with Crippen molar-refractivity contribution in [1.82, 2.24) is 20.6 Å². The van der Waals surface area contributed by atoms with Gasteiger partial charge in [0.15, 0.2) is 0 Å². The Morgan fingerprint density at radius 1 is 0.973 bits per heavy atom. The van der Waals surface area contributed by atoms with Crippen molar-refractivity contribution in [2.24, 2.45) is 0 Å². The van der Waals surface area contributed by atoms with E-state index in [0.29, 0.717) is 22.3 Å². The number of fused-ring (bicyclic) bond motifs is 2. The molecule has 0 saturated heterocycles. The van der Waals surface area contributed by atoms with Crippen LogP contribution in [0.1, 0.15) is 33.9 Å². The monoisotopic (exact) mass is 516 g/mol. The lowest BCUT2D eigenvalue weighted by Gasteiger charge is -2.14. The average molecular weight is 517 g/mol. The van der Waals surface area contributed by atoms with Crippen LogP contribution in [0.3, 0.4) is 0 Å². The number of benzene rings is 3. The number of hydrogen-bond donors (Lipinski definition) is 6. The summed E-state index contributed by atoms with van der Waals surface area (Å²) in [7, 11) is 0. The van der Waals surface area contributed by atoms with Crippen molar-refractivity contribution in [2.75, 3.05) is 19.6 Å². The molecule has 1 unspecified atom stereocenters. The average Bonchev–Trinajstić information content (AvgIpc) is 3.49. The number of thiazole rings is 1. The zero-order valence-corrected chi connectivity index (χ0v) is 21.6. The second kappa shape index (κ2) is 11.3. The number of hydrogen-bond acceptors (Lipinski definition) is 6. The number of phenolic OH excluding ortho intramolecular Hbond substituents is 1. The second-order valence-electron chi connectivity index (χ2n) is 9.42. The van der Waals surface area contributed by atoms with E-state index >= 15 is 0 Å². The predicted octanol–water partition coefficient (Wildman–Crippen LogP) is 4.28. The molecule has 2 aromatic heterocycles. The number of phenols is 1. The van der Waals surface area contributed by atoms with Crippen LogP contribution in [0.25, 0.3) is 21.1 Å². The van der Waals surface area contributed by atoms with Crippen LogP contribution < -0.4 is 15.5 Å². The van der Waals surface area contributed by atoms with Gasteiger partial charge in [0.1, 0.15) is 11.3 Å². The standard InChI is InChI=1S/C29H32N4O3S/c1-18-4-2-7-22-21(16-32-26(18)22)11-13-30-15-20-6-3-5-19(14-20)10-12-31-17-25(35)23-8-9-24(34)27-28(23)37-29(36)33-27/h2-9,14,16,25,30-32,34-35H,10-13,15,17H2,1H3,(H,33,36). The van der Waals surface area contributed by atoms with E-state index in [1.807, 2.05) is 0 Å². The maximum atomic E-state index is 11.7. The predicted molar refractivity (Wildman–Crippen MR) is 151 cm³/mol. The summed E-state index contributed by atoms with van der Waals surface area (Å²) in [6.45, 7) is 4.94. The van der Waals surface area contributed by atoms with Crippen LogP contribution in [0.5, 0.6) is 5.75 Å².